The maximum absolute atomic E-state index is 13.0. The lowest BCUT2D eigenvalue weighted by Crippen LogP contribution is -2.45. The number of thioether (sulfide) groups is 1. The first-order valence-electron chi connectivity index (χ1n) is 8.06. The summed E-state index contributed by atoms with van der Waals surface area (Å²) in [5.74, 6) is -0.329. The van der Waals surface area contributed by atoms with Crippen LogP contribution in [0.3, 0.4) is 0 Å². The molecule has 2 heterocycles. The normalized spacial score (nSPS) is 16.5. The van der Waals surface area contributed by atoms with Gasteiger partial charge >= 0.3 is 6.03 Å². The second kappa shape index (κ2) is 7.85. The third-order valence-corrected chi connectivity index (χ3v) is 6.33. The highest BCUT2D eigenvalue weighted by atomic mass is 32.2. The monoisotopic (exact) mass is 401 g/mol. The van der Waals surface area contributed by atoms with Crippen LogP contribution < -0.4 is 21.7 Å². The fraction of sp³-hybridized carbons (Fsp3) is 0.167. The number of rotatable bonds is 5. The van der Waals surface area contributed by atoms with Gasteiger partial charge in [0.1, 0.15) is 0 Å². The number of nitrogen functional groups attached to an aromatic ring is 1. The van der Waals surface area contributed by atoms with Crippen molar-refractivity contribution in [1.82, 2.24) is 10.6 Å². The number of hydrogen-bond acceptors (Lipinski definition) is 6. The molecule has 3 rings (SSSR count). The number of nitrogens with one attached hydrogen (secondary N) is 4. The Morgan fingerprint density at radius 2 is 2.15 bits per heavy atom. The molecule has 0 saturated carbocycles. The number of anilines is 2. The number of allylic oxidation sites excluding steroid dienone is 1. The van der Waals surface area contributed by atoms with E-state index in [1.807, 2.05) is 18.4 Å². The molecule has 6 N–H and O–H groups in total. The fourth-order valence-electron chi connectivity index (χ4n) is 2.78. The lowest BCUT2D eigenvalue weighted by Gasteiger charge is -2.27. The fourth-order valence-corrected chi connectivity index (χ4v) is 4.41. The average Bonchev–Trinajstić information content (AvgIpc) is 3.11. The molecule has 1 aliphatic rings. The molecule has 0 saturated heterocycles. The zero-order chi connectivity index (χ0) is 19.6. The van der Waals surface area contributed by atoms with Crippen molar-refractivity contribution in [1.29, 1.82) is 5.41 Å². The third kappa shape index (κ3) is 3.99. The van der Waals surface area contributed by atoms with Crippen LogP contribution >= 0.6 is 23.1 Å². The summed E-state index contributed by atoms with van der Waals surface area (Å²) in [5, 5.41) is 15.7. The minimum atomic E-state index is -0.527. The van der Waals surface area contributed by atoms with E-state index in [4.69, 9.17) is 11.1 Å². The summed E-state index contributed by atoms with van der Waals surface area (Å²) in [6, 6.07) is 7.98. The number of hydrogen-bond donors (Lipinski definition) is 5. The van der Waals surface area contributed by atoms with Crippen molar-refractivity contribution in [2.45, 2.75) is 17.2 Å². The SMILES string of the molecule is CSc1ccc(C2NC(=O)NC(C)=C2C(=O)Nc2ccc(N)c(C=N)c2)s1. The van der Waals surface area contributed by atoms with Gasteiger partial charge < -0.3 is 27.1 Å². The number of carbonyl (C=O) groups excluding carboxylic acids is 2. The van der Waals surface area contributed by atoms with Crippen molar-refractivity contribution in [3.63, 3.8) is 0 Å². The van der Waals surface area contributed by atoms with Gasteiger partial charge in [0.25, 0.3) is 5.91 Å². The highest BCUT2D eigenvalue weighted by Crippen LogP contribution is 2.35. The molecule has 0 radical (unpaired) electrons. The molecule has 1 aliphatic heterocycles. The van der Waals surface area contributed by atoms with Crippen LogP contribution in [0, 0.1) is 5.41 Å². The van der Waals surface area contributed by atoms with E-state index in [9.17, 15) is 9.59 Å². The molecule has 1 atom stereocenters. The lowest BCUT2D eigenvalue weighted by molar-refractivity contribution is -0.113. The zero-order valence-electron chi connectivity index (χ0n) is 14.8. The predicted octanol–water partition coefficient (Wildman–Crippen LogP) is 3.32. The lowest BCUT2D eigenvalue weighted by atomic mass is 10.0. The van der Waals surface area contributed by atoms with Crippen molar-refractivity contribution in [3.05, 3.63) is 52.0 Å². The first-order valence-corrected chi connectivity index (χ1v) is 10.1. The Hall–Kier alpha value is -2.78. The van der Waals surface area contributed by atoms with E-state index in [-0.39, 0.29) is 11.9 Å². The van der Waals surface area contributed by atoms with Gasteiger partial charge in [-0.25, -0.2) is 4.79 Å². The smallest absolute Gasteiger partial charge is 0.319 e. The minimum Gasteiger partial charge on any atom is -0.398 e. The van der Waals surface area contributed by atoms with E-state index < -0.39 is 6.04 Å². The second-order valence-corrected chi connectivity index (χ2v) is 8.10. The van der Waals surface area contributed by atoms with Crippen molar-refractivity contribution in [2.75, 3.05) is 17.3 Å². The maximum atomic E-state index is 13.0. The van der Waals surface area contributed by atoms with E-state index in [0.29, 0.717) is 28.2 Å². The van der Waals surface area contributed by atoms with Crippen LogP contribution in [-0.2, 0) is 4.79 Å². The Morgan fingerprint density at radius 1 is 1.37 bits per heavy atom. The quantitative estimate of drug-likeness (QED) is 0.300. The molecule has 0 aliphatic carbocycles. The molecule has 0 bridgehead atoms. The van der Waals surface area contributed by atoms with Gasteiger partial charge in [0.15, 0.2) is 0 Å². The van der Waals surface area contributed by atoms with E-state index in [2.05, 4.69) is 16.0 Å². The van der Waals surface area contributed by atoms with E-state index in [0.717, 1.165) is 15.3 Å². The Labute approximate surface area is 164 Å². The van der Waals surface area contributed by atoms with Crippen LogP contribution in [-0.4, -0.2) is 24.4 Å². The van der Waals surface area contributed by atoms with Crippen LogP contribution in [0.4, 0.5) is 16.2 Å². The molecule has 9 heteroatoms. The largest absolute Gasteiger partial charge is 0.398 e. The standard InChI is InChI=1S/C18H19N5O2S2/c1-9-15(17(24)22-11-3-4-12(20)10(7-11)8-19)16(23-18(25)21-9)13-5-6-14(26-2)27-13/h3-8,16,19H,20H2,1-2H3,(H,22,24)(H2,21,23,25). The van der Waals surface area contributed by atoms with Gasteiger partial charge in [0.2, 0.25) is 0 Å². The zero-order valence-corrected chi connectivity index (χ0v) is 16.4. The van der Waals surface area contributed by atoms with Crippen molar-refractivity contribution < 1.29 is 9.59 Å². The molecule has 27 heavy (non-hydrogen) atoms. The molecule has 140 valence electrons. The Kier molecular flexibility index (Phi) is 5.52. The average molecular weight is 402 g/mol. The van der Waals surface area contributed by atoms with Gasteiger partial charge in [-0.2, -0.15) is 0 Å². The van der Waals surface area contributed by atoms with Crippen LogP contribution in [0.5, 0.6) is 0 Å². The van der Waals surface area contributed by atoms with Crippen LogP contribution in [0.25, 0.3) is 0 Å². The number of carbonyl (C=O) groups is 2. The first kappa shape index (κ1) is 19.0. The minimum absolute atomic E-state index is 0.329. The Bertz CT molecular complexity index is 951. The van der Waals surface area contributed by atoms with Crippen molar-refractivity contribution >= 4 is 52.6 Å². The van der Waals surface area contributed by atoms with E-state index in [1.165, 1.54) is 11.3 Å². The second-order valence-electron chi connectivity index (χ2n) is 5.87. The summed E-state index contributed by atoms with van der Waals surface area (Å²) in [5.41, 5.74) is 8.25. The van der Waals surface area contributed by atoms with Gasteiger partial charge in [-0.05, 0) is 43.5 Å². The Morgan fingerprint density at radius 3 is 2.81 bits per heavy atom. The molecule has 1 aromatic heterocycles. The highest BCUT2D eigenvalue weighted by molar-refractivity contribution is 8.00. The summed E-state index contributed by atoms with van der Waals surface area (Å²) in [7, 11) is 0. The topological polar surface area (TPSA) is 120 Å². The molecular weight excluding hydrogens is 382 g/mol. The van der Waals surface area contributed by atoms with Crippen molar-refractivity contribution in [2.24, 2.45) is 0 Å². The number of benzene rings is 1. The summed E-state index contributed by atoms with van der Waals surface area (Å²) in [6.07, 6.45) is 3.11. The number of nitrogens with two attached hydrogens (primary N) is 1. The summed E-state index contributed by atoms with van der Waals surface area (Å²) >= 11 is 3.15. The van der Waals surface area contributed by atoms with Gasteiger partial charge in [-0.15, -0.1) is 23.1 Å². The van der Waals surface area contributed by atoms with Gasteiger partial charge in [0.05, 0.1) is 15.8 Å². The van der Waals surface area contributed by atoms with E-state index in [1.54, 1.807) is 36.9 Å². The number of urea groups is 1. The van der Waals surface area contributed by atoms with Crippen LogP contribution in [0.1, 0.15) is 23.4 Å². The molecule has 3 amide bonds. The van der Waals surface area contributed by atoms with Crippen LogP contribution in [0.2, 0.25) is 0 Å². The predicted molar refractivity (Wildman–Crippen MR) is 111 cm³/mol. The molecule has 1 aromatic carbocycles. The Balaban J connectivity index is 1.92. The number of amides is 3. The molecule has 0 fully saturated rings. The van der Waals surface area contributed by atoms with Gasteiger partial charge in [-0.1, -0.05) is 0 Å². The van der Waals surface area contributed by atoms with Gasteiger partial charge in [0, 0.05) is 33.7 Å². The molecular formula is C18H19N5O2S2. The van der Waals surface area contributed by atoms with Crippen molar-refractivity contribution in [3.8, 4) is 0 Å². The highest BCUT2D eigenvalue weighted by Gasteiger charge is 2.32. The third-order valence-electron chi connectivity index (χ3n) is 4.10. The van der Waals surface area contributed by atoms with Crippen LogP contribution in [0.15, 0.2) is 45.8 Å². The molecule has 1 unspecified atom stereocenters. The van der Waals surface area contributed by atoms with Gasteiger partial charge in [-0.3, -0.25) is 4.79 Å². The maximum Gasteiger partial charge on any atom is 0.319 e. The summed E-state index contributed by atoms with van der Waals surface area (Å²) in [6.45, 7) is 1.70. The van der Waals surface area contributed by atoms with E-state index >= 15 is 0 Å². The number of thiophene rings is 1. The molecule has 0 spiro atoms. The summed E-state index contributed by atoms with van der Waals surface area (Å²) < 4.78 is 1.10. The summed E-state index contributed by atoms with van der Waals surface area (Å²) in [4.78, 5) is 25.8. The molecule has 2 aromatic rings. The molecule has 7 nitrogen and oxygen atoms in total. The first-order chi connectivity index (χ1) is 12.9.